The highest BCUT2D eigenvalue weighted by molar-refractivity contribution is 7.87. The third-order valence-electron chi connectivity index (χ3n) is 5.92. The molecule has 0 bridgehead atoms. The molecule has 1 fully saturated rings. The minimum atomic E-state index is -4.04. The fourth-order valence-corrected chi connectivity index (χ4v) is 5.76. The van der Waals surface area contributed by atoms with E-state index in [0.717, 1.165) is 32.4 Å². The maximum absolute atomic E-state index is 12.8. The summed E-state index contributed by atoms with van der Waals surface area (Å²) < 4.78 is 31.6. The van der Waals surface area contributed by atoms with Gasteiger partial charge in [-0.15, -0.1) is 12.4 Å². The molecule has 1 aliphatic rings. The van der Waals surface area contributed by atoms with E-state index in [1.807, 2.05) is 0 Å². The van der Waals surface area contributed by atoms with Gasteiger partial charge in [0.05, 0.1) is 15.8 Å². The fourth-order valence-electron chi connectivity index (χ4n) is 3.93. The molecule has 9 nitrogen and oxygen atoms in total. The molecule has 12 heteroatoms. The molecule has 0 saturated carbocycles. The Morgan fingerprint density at radius 3 is 2.57 bits per heavy atom. The second-order valence-corrected chi connectivity index (χ2v) is 12.2. The van der Waals surface area contributed by atoms with E-state index in [2.05, 4.69) is 20.9 Å². The highest BCUT2D eigenvalue weighted by Gasteiger charge is 2.19. The summed E-state index contributed by atoms with van der Waals surface area (Å²) in [6.07, 6.45) is 3.52. The van der Waals surface area contributed by atoms with E-state index < -0.39 is 15.7 Å². The van der Waals surface area contributed by atoms with Crippen molar-refractivity contribution in [2.24, 2.45) is 5.92 Å². The highest BCUT2D eigenvalue weighted by Crippen LogP contribution is 2.31. The van der Waals surface area contributed by atoms with Crippen molar-refractivity contribution in [2.45, 2.75) is 50.0 Å². The smallest absolute Gasteiger partial charge is 0.339 e. The molecular weight excluding hydrogens is 536 g/mol. The number of fused-ring (bicyclic) bond motifs is 1. The Morgan fingerprint density at radius 2 is 1.89 bits per heavy atom. The number of aliphatic hydroxyl groups is 1. The normalized spacial score (nSPS) is 14.7. The lowest BCUT2D eigenvalue weighted by Crippen LogP contribution is -2.29. The highest BCUT2D eigenvalue weighted by atomic mass is 35.5. The topological polar surface area (TPSA) is 130 Å². The predicted octanol–water partition coefficient (Wildman–Crippen LogP) is 4.39. The number of hydrogen-bond acceptors (Lipinski definition) is 9. The number of piperidine rings is 1. The van der Waals surface area contributed by atoms with Gasteiger partial charge >= 0.3 is 10.1 Å². The van der Waals surface area contributed by atoms with Crippen molar-refractivity contribution in [1.82, 2.24) is 10.3 Å². The molecule has 0 spiro atoms. The predicted molar refractivity (Wildman–Crippen MR) is 149 cm³/mol. The summed E-state index contributed by atoms with van der Waals surface area (Å²) in [5.74, 6) is 0.681. The lowest BCUT2D eigenvalue weighted by Gasteiger charge is -2.21. The van der Waals surface area contributed by atoms with Crippen LogP contribution in [0.5, 0.6) is 5.75 Å². The van der Waals surface area contributed by atoms with Crippen molar-refractivity contribution in [3.8, 4) is 5.75 Å². The number of amides is 1. The van der Waals surface area contributed by atoms with Gasteiger partial charge in [0.2, 0.25) is 5.91 Å². The number of nitrogens with zero attached hydrogens (tertiary/aromatic N) is 1. The largest absolute Gasteiger partial charge is 0.389 e. The molecule has 1 amide bonds. The van der Waals surface area contributed by atoms with Gasteiger partial charge in [-0.2, -0.15) is 8.42 Å². The number of halogens is 1. The number of carbonyl (C=O) groups is 1. The van der Waals surface area contributed by atoms with Gasteiger partial charge in [-0.1, -0.05) is 11.3 Å². The summed E-state index contributed by atoms with van der Waals surface area (Å²) in [7, 11) is -4.04. The van der Waals surface area contributed by atoms with Crippen molar-refractivity contribution >= 4 is 60.8 Å². The summed E-state index contributed by atoms with van der Waals surface area (Å²) in [5, 5.41) is 19.5. The van der Waals surface area contributed by atoms with Gasteiger partial charge < -0.3 is 25.2 Å². The molecule has 2 heterocycles. The van der Waals surface area contributed by atoms with Gasteiger partial charge in [0.15, 0.2) is 5.13 Å². The zero-order valence-electron chi connectivity index (χ0n) is 20.8. The van der Waals surface area contributed by atoms with Crippen LogP contribution in [-0.2, 0) is 14.9 Å². The monoisotopic (exact) mass is 568 g/mol. The van der Waals surface area contributed by atoms with E-state index >= 15 is 0 Å². The van der Waals surface area contributed by atoms with Crippen molar-refractivity contribution < 1.29 is 22.5 Å². The minimum absolute atomic E-state index is 0. The lowest BCUT2D eigenvalue weighted by molar-refractivity contribution is -0.116. The average Bonchev–Trinajstić information content (AvgIpc) is 3.23. The molecule has 202 valence electrons. The van der Waals surface area contributed by atoms with Crippen LogP contribution in [0.3, 0.4) is 0 Å². The Kier molecular flexibility index (Phi) is 9.76. The molecule has 0 atom stereocenters. The molecule has 1 aromatic heterocycles. The van der Waals surface area contributed by atoms with Crippen LogP contribution < -0.4 is 20.1 Å². The lowest BCUT2D eigenvalue weighted by atomic mass is 9.93. The molecule has 2 aromatic carbocycles. The molecule has 0 aliphatic carbocycles. The van der Waals surface area contributed by atoms with Gasteiger partial charge in [0.25, 0.3) is 0 Å². The molecule has 1 aliphatic heterocycles. The van der Waals surface area contributed by atoms with E-state index in [-0.39, 0.29) is 29.0 Å². The van der Waals surface area contributed by atoms with Crippen molar-refractivity contribution in [1.29, 1.82) is 0 Å². The van der Waals surface area contributed by atoms with Crippen molar-refractivity contribution in [3.05, 3.63) is 42.5 Å². The minimum Gasteiger partial charge on any atom is -0.389 e. The molecule has 1 saturated heterocycles. The number of benzene rings is 2. The first-order valence-corrected chi connectivity index (χ1v) is 14.2. The average molecular weight is 569 g/mol. The van der Waals surface area contributed by atoms with E-state index in [9.17, 15) is 18.3 Å². The molecule has 4 N–H and O–H groups in total. The van der Waals surface area contributed by atoms with Gasteiger partial charge in [-0.05, 0) is 88.5 Å². The number of rotatable bonds is 10. The molecule has 0 unspecified atom stereocenters. The molecule has 3 aromatic rings. The quantitative estimate of drug-likeness (QED) is 0.265. The molecule has 37 heavy (non-hydrogen) atoms. The van der Waals surface area contributed by atoms with Crippen molar-refractivity contribution in [3.63, 3.8) is 0 Å². The Bertz CT molecular complexity index is 1300. The van der Waals surface area contributed by atoms with Crippen LogP contribution in [0.4, 0.5) is 10.8 Å². The SMILES string of the molecule is CC(C)(O)CNc1ccc(S(=O)(=O)Oc2ccc3nc(NC(=O)CCC4CCNCC4)sc3c2)cc1.Cl. The summed E-state index contributed by atoms with van der Waals surface area (Å²) in [6.45, 7) is 5.70. The van der Waals surface area contributed by atoms with Crippen LogP contribution in [0.15, 0.2) is 47.4 Å². The molecular formula is C25H33ClN4O5S2. The van der Waals surface area contributed by atoms with Crippen LogP contribution in [0.1, 0.15) is 39.5 Å². The third kappa shape index (κ3) is 8.54. The Hall–Kier alpha value is -2.44. The fraction of sp³-hybridized carbons (Fsp3) is 0.440. The van der Waals surface area contributed by atoms with Gasteiger partial charge in [-0.25, -0.2) is 4.98 Å². The van der Waals surface area contributed by atoms with Gasteiger partial charge in [-0.3, -0.25) is 4.79 Å². The third-order valence-corrected chi connectivity index (χ3v) is 8.11. The van der Waals surface area contributed by atoms with E-state index in [0.29, 0.717) is 39.9 Å². The van der Waals surface area contributed by atoms with Crippen LogP contribution in [-0.4, -0.2) is 49.7 Å². The number of thiazole rings is 1. The summed E-state index contributed by atoms with van der Waals surface area (Å²) >= 11 is 1.28. The first-order valence-electron chi connectivity index (χ1n) is 12.0. The Labute approximate surface area is 227 Å². The zero-order valence-corrected chi connectivity index (χ0v) is 23.3. The first kappa shape index (κ1) is 29.1. The number of anilines is 2. The van der Waals surface area contributed by atoms with Gasteiger partial charge in [0.1, 0.15) is 10.6 Å². The van der Waals surface area contributed by atoms with E-state index in [4.69, 9.17) is 4.18 Å². The molecule has 0 radical (unpaired) electrons. The van der Waals surface area contributed by atoms with Crippen LogP contribution in [0.25, 0.3) is 10.2 Å². The number of hydrogen-bond donors (Lipinski definition) is 4. The van der Waals surface area contributed by atoms with E-state index in [1.54, 1.807) is 44.2 Å². The Balaban J connectivity index is 0.00000380. The van der Waals surface area contributed by atoms with Gasteiger partial charge in [0, 0.05) is 24.7 Å². The standard InChI is InChI=1S/C25H32N4O5S2.ClH/c1-25(2,31)16-27-18-4-7-20(8-5-18)36(32,33)34-19-6-9-21-22(15-19)35-24(28-21)29-23(30)10-3-17-11-13-26-14-12-17;/h4-9,15,17,26-27,31H,3,10-14,16H2,1-2H3,(H,28,29,30);1H. The number of aromatic nitrogens is 1. The summed E-state index contributed by atoms with van der Waals surface area (Å²) in [5.41, 5.74) is 0.451. The second-order valence-electron chi connectivity index (χ2n) is 9.66. The summed E-state index contributed by atoms with van der Waals surface area (Å²) in [4.78, 5) is 16.8. The molecule has 4 rings (SSSR count). The van der Waals surface area contributed by atoms with E-state index in [1.165, 1.54) is 23.5 Å². The summed E-state index contributed by atoms with van der Waals surface area (Å²) in [6, 6.07) is 11.0. The van der Waals surface area contributed by atoms with Crippen LogP contribution >= 0.6 is 23.7 Å². The Morgan fingerprint density at radius 1 is 1.19 bits per heavy atom. The maximum atomic E-state index is 12.8. The maximum Gasteiger partial charge on any atom is 0.339 e. The van der Waals surface area contributed by atoms with Crippen LogP contribution in [0.2, 0.25) is 0 Å². The zero-order chi connectivity index (χ0) is 25.8. The second kappa shape index (κ2) is 12.4. The van der Waals surface area contributed by atoms with Crippen LogP contribution in [0, 0.1) is 5.92 Å². The first-order chi connectivity index (χ1) is 17.1. The number of nitrogens with one attached hydrogen (secondary N) is 3. The van der Waals surface area contributed by atoms with Crippen molar-refractivity contribution in [2.75, 3.05) is 30.3 Å². The number of carbonyl (C=O) groups excluding carboxylic acids is 1.